The van der Waals surface area contributed by atoms with Gasteiger partial charge in [-0.05, 0) is 25.0 Å². The van der Waals surface area contributed by atoms with Gasteiger partial charge in [-0.2, -0.15) is 0 Å². The van der Waals surface area contributed by atoms with Crippen molar-refractivity contribution in [2.75, 3.05) is 13.1 Å². The molecule has 1 aromatic carbocycles. The third-order valence-corrected chi connectivity index (χ3v) is 5.41. The van der Waals surface area contributed by atoms with Gasteiger partial charge in [-0.1, -0.05) is 31.5 Å². The zero-order valence-corrected chi connectivity index (χ0v) is 14.2. The molecule has 0 bridgehead atoms. The van der Waals surface area contributed by atoms with Gasteiger partial charge in [0.05, 0.1) is 12.6 Å². The zero-order chi connectivity index (χ0) is 16.8. The number of amides is 2. The van der Waals surface area contributed by atoms with Crippen LogP contribution in [-0.4, -0.2) is 45.7 Å². The second kappa shape index (κ2) is 5.65. The van der Waals surface area contributed by atoms with Gasteiger partial charge < -0.3 is 14.8 Å². The number of hydrogen-bond acceptors (Lipinski definition) is 2. The Morgan fingerprint density at radius 1 is 1.25 bits per heavy atom. The third-order valence-electron chi connectivity index (χ3n) is 5.41. The van der Waals surface area contributed by atoms with E-state index in [2.05, 4.69) is 24.0 Å². The van der Waals surface area contributed by atoms with E-state index < -0.39 is 0 Å². The van der Waals surface area contributed by atoms with E-state index >= 15 is 0 Å². The van der Waals surface area contributed by atoms with Crippen LogP contribution >= 0.6 is 0 Å². The smallest absolute Gasteiger partial charge is 0.246 e. The highest BCUT2D eigenvalue weighted by molar-refractivity contribution is 5.97. The summed E-state index contributed by atoms with van der Waals surface area (Å²) in [6.07, 6.45) is 2.58. The first-order chi connectivity index (χ1) is 11.6. The van der Waals surface area contributed by atoms with Crippen LogP contribution in [0.15, 0.2) is 24.3 Å². The molecule has 1 aromatic heterocycles. The van der Waals surface area contributed by atoms with Crippen molar-refractivity contribution in [1.82, 2.24) is 14.8 Å². The highest BCUT2D eigenvalue weighted by atomic mass is 16.2. The van der Waals surface area contributed by atoms with Gasteiger partial charge in [0.15, 0.2) is 0 Å². The highest BCUT2D eigenvalue weighted by Crippen LogP contribution is 2.38. The Morgan fingerprint density at radius 2 is 2.04 bits per heavy atom. The molecule has 3 heterocycles. The normalized spacial score (nSPS) is 23.6. The Morgan fingerprint density at radius 3 is 2.83 bits per heavy atom. The number of H-pyrrole nitrogens is 1. The number of fused-ring (bicyclic) bond motifs is 4. The molecular formula is C19H23N3O2. The molecule has 24 heavy (non-hydrogen) atoms. The van der Waals surface area contributed by atoms with Crippen molar-refractivity contribution in [3.8, 4) is 0 Å². The van der Waals surface area contributed by atoms with Crippen molar-refractivity contribution in [2.45, 2.75) is 45.2 Å². The molecule has 5 nitrogen and oxygen atoms in total. The first kappa shape index (κ1) is 15.2. The topological polar surface area (TPSA) is 56.4 Å². The Kier molecular flexibility index (Phi) is 3.59. The van der Waals surface area contributed by atoms with E-state index in [4.69, 9.17) is 0 Å². The van der Waals surface area contributed by atoms with Gasteiger partial charge in [-0.15, -0.1) is 0 Å². The Hall–Kier alpha value is -2.30. The van der Waals surface area contributed by atoms with Gasteiger partial charge in [-0.3, -0.25) is 9.59 Å². The highest BCUT2D eigenvalue weighted by Gasteiger charge is 2.45. The number of benzene rings is 1. The fourth-order valence-corrected chi connectivity index (χ4v) is 4.17. The molecule has 5 heteroatoms. The lowest BCUT2D eigenvalue weighted by atomic mass is 9.90. The molecule has 0 unspecified atom stereocenters. The number of para-hydroxylation sites is 1. The Labute approximate surface area is 141 Å². The molecule has 2 aliphatic rings. The second-order valence-corrected chi connectivity index (χ2v) is 6.87. The van der Waals surface area contributed by atoms with Gasteiger partial charge in [0, 0.05) is 29.6 Å². The molecule has 1 N–H and O–H groups in total. The van der Waals surface area contributed by atoms with Crippen molar-refractivity contribution in [2.24, 2.45) is 0 Å². The molecule has 2 atom stereocenters. The summed E-state index contributed by atoms with van der Waals surface area (Å²) in [7, 11) is 0. The molecule has 0 spiro atoms. The van der Waals surface area contributed by atoms with E-state index in [9.17, 15) is 9.59 Å². The average molecular weight is 325 g/mol. The maximum atomic E-state index is 12.9. The first-order valence-electron chi connectivity index (χ1n) is 8.81. The first-order valence-corrected chi connectivity index (χ1v) is 8.81. The van der Waals surface area contributed by atoms with E-state index in [1.54, 1.807) is 9.80 Å². The minimum Gasteiger partial charge on any atom is -0.356 e. The van der Waals surface area contributed by atoms with E-state index in [0.29, 0.717) is 13.0 Å². The number of nitrogens with one attached hydrogen (secondary N) is 1. The summed E-state index contributed by atoms with van der Waals surface area (Å²) < 4.78 is 0. The number of hydrogen-bond donors (Lipinski definition) is 1. The number of carbonyl (C=O) groups is 2. The van der Waals surface area contributed by atoms with Gasteiger partial charge in [-0.25, -0.2) is 0 Å². The van der Waals surface area contributed by atoms with E-state index in [1.165, 1.54) is 10.9 Å². The lowest BCUT2D eigenvalue weighted by molar-refractivity contribution is -0.159. The summed E-state index contributed by atoms with van der Waals surface area (Å²) in [4.78, 5) is 32.7. The molecule has 1 saturated heterocycles. The summed E-state index contributed by atoms with van der Waals surface area (Å²) in [6, 6.07) is 7.73. The lowest BCUT2D eigenvalue weighted by Gasteiger charge is -2.46. The van der Waals surface area contributed by atoms with Gasteiger partial charge >= 0.3 is 0 Å². The molecule has 0 aliphatic carbocycles. The summed E-state index contributed by atoms with van der Waals surface area (Å²) in [6.45, 7) is 5.02. The predicted octanol–water partition coefficient (Wildman–Crippen LogP) is 2.62. The number of aromatic nitrogens is 1. The summed E-state index contributed by atoms with van der Waals surface area (Å²) >= 11 is 0. The summed E-state index contributed by atoms with van der Waals surface area (Å²) in [5.74, 6) is 0.165. The lowest BCUT2D eigenvalue weighted by Crippen LogP contribution is -2.62. The largest absolute Gasteiger partial charge is 0.356 e. The zero-order valence-electron chi connectivity index (χ0n) is 14.2. The van der Waals surface area contributed by atoms with Crippen molar-refractivity contribution in [3.05, 3.63) is 35.5 Å². The minimum absolute atomic E-state index is 0.0625. The molecule has 4 rings (SSSR count). The van der Waals surface area contributed by atoms with Crippen LogP contribution in [0.1, 0.15) is 44.0 Å². The summed E-state index contributed by atoms with van der Waals surface area (Å²) in [5, 5.41) is 1.17. The molecule has 0 saturated carbocycles. The fraction of sp³-hybridized carbons (Fsp3) is 0.474. The number of rotatable bonds is 3. The van der Waals surface area contributed by atoms with Crippen LogP contribution in [0.2, 0.25) is 0 Å². The number of nitrogens with zero attached hydrogens (tertiary/aromatic N) is 2. The van der Waals surface area contributed by atoms with Crippen molar-refractivity contribution < 1.29 is 9.59 Å². The fourth-order valence-electron chi connectivity index (χ4n) is 4.17. The number of unbranched alkanes of at least 4 members (excludes halogenated alkanes) is 1. The van der Waals surface area contributed by atoms with Crippen LogP contribution in [0.4, 0.5) is 0 Å². The van der Waals surface area contributed by atoms with E-state index in [0.717, 1.165) is 24.1 Å². The van der Waals surface area contributed by atoms with Crippen LogP contribution in [-0.2, 0) is 16.0 Å². The van der Waals surface area contributed by atoms with E-state index in [-0.39, 0.29) is 30.4 Å². The second-order valence-electron chi connectivity index (χ2n) is 6.87. The Bertz CT molecular complexity index is 810. The molecule has 1 fully saturated rings. The van der Waals surface area contributed by atoms with E-state index in [1.807, 2.05) is 19.1 Å². The quantitative estimate of drug-likeness (QED) is 0.943. The van der Waals surface area contributed by atoms with Crippen molar-refractivity contribution >= 4 is 22.7 Å². The standard InChI is InChI=1S/C19H23N3O2/c1-3-4-9-21-11-17(23)22-12(2)18-14(10-16(22)19(21)24)13-7-5-6-8-15(13)20-18/h5-8,12,16,20H,3-4,9-11H2,1-2H3/t12-,16+/m1/s1. The number of carbonyl (C=O) groups excluding carboxylic acids is 2. The Balaban J connectivity index is 1.74. The summed E-state index contributed by atoms with van der Waals surface area (Å²) in [5.41, 5.74) is 3.35. The van der Waals surface area contributed by atoms with Crippen LogP contribution < -0.4 is 0 Å². The average Bonchev–Trinajstić information content (AvgIpc) is 2.96. The molecule has 2 aliphatic heterocycles. The molecule has 2 amide bonds. The SMILES string of the molecule is CCCCN1CC(=O)N2[C@H](C)c3[nH]c4ccccc4c3C[C@H]2C1=O. The van der Waals surface area contributed by atoms with Crippen LogP contribution in [0.25, 0.3) is 10.9 Å². The van der Waals surface area contributed by atoms with Gasteiger partial charge in [0.25, 0.3) is 0 Å². The maximum absolute atomic E-state index is 12.9. The van der Waals surface area contributed by atoms with Crippen molar-refractivity contribution in [3.63, 3.8) is 0 Å². The van der Waals surface area contributed by atoms with Gasteiger partial charge in [0.2, 0.25) is 11.8 Å². The maximum Gasteiger partial charge on any atom is 0.246 e. The molecular weight excluding hydrogens is 302 g/mol. The number of aromatic amines is 1. The monoisotopic (exact) mass is 325 g/mol. The van der Waals surface area contributed by atoms with Gasteiger partial charge in [0.1, 0.15) is 6.04 Å². The van der Waals surface area contributed by atoms with Crippen LogP contribution in [0.5, 0.6) is 0 Å². The minimum atomic E-state index is -0.357. The predicted molar refractivity (Wildman–Crippen MR) is 92.5 cm³/mol. The van der Waals surface area contributed by atoms with Crippen molar-refractivity contribution in [1.29, 1.82) is 0 Å². The van der Waals surface area contributed by atoms with Crippen LogP contribution in [0.3, 0.4) is 0 Å². The number of piperazine rings is 1. The van der Waals surface area contributed by atoms with Crippen LogP contribution in [0, 0.1) is 0 Å². The third kappa shape index (κ3) is 2.14. The molecule has 2 aromatic rings. The molecule has 0 radical (unpaired) electrons. The molecule has 126 valence electrons.